The largest absolute Gasteiger partial charge is 0.366 e. The molecule has 4 rings (SSSR count). The molecule has 152 valence electrons. The normalized spacial score (nSPS) is 26.7. The van der Waals surface area contributed by atoms with Crippen molar-refractivity contribution in [3.8, 4) is 0 Å². The minimum Gasteiger partial charge on any atom is -0.366 e. The molecule has 0 atom stereocenters. The fourth-order valence-corrected chi connectivity index (χ4v) is 4.89. The van der Waals surface area contributed by atoms with E-state index in [4.69, 9.17) is 5.73 Å². The molecule has 0 radical (unpaired) electrons. The molecule has 2 aromatic carbocycles. The zero-order chi connectivity index (χ0) is 20.6. The number of amides is 3. The van der Waals surface area contributed by atoms with E-state index in [-0.39, 0.29) is 17.1 Å². The van der Waals surface area contributed by atoms with E-state index < -0.39 is 5.91 Å². The second-order valence-corrected chi connectivity index (χ2v) is 8.50. The molecule has 2 aromatic rings. The maximum atomic E-state index is 12.7. The van der Waals surface area contributed by atoms with Gasteiger partial charge in [-0.15, -0.1) is 0 Å². The van der Waals surface area contributed by atoms with Crippen LogP contribution in [0.3, 0.4) is 0 Å². The highest BCUT2D eigenvalue weighted by Crippen LogP contribution is 2.46. The molecule has 1 aliphatic heterocycles. The second-order valence-electron chi connectivity index (χ2n) is 8.50. The summed E-state index contributed by atoms with van der Waals surface area (Å²) >= 11 is 0. The number of nitrogens with zero attached hydrogens (tertiary/aromatic N) is 2. The number of carbonyl (C=O) groups is 2. The van der Waals surface area contributed by atoms with E-state index in [1.807, 2.05) is 0 Å². The van der Waals surface area contributed by atoms with Crippen molar-refractivity contribution in [3.63, 3.8) is 0 Å². The SMILES string of the molecule is CN(C)[C@]1(c2ccccc2)CC[C@@]2(CC1)CN(c1ccc(C(N)=O)cc1)C(=O)N2. The van der Waals surface area contributed by atoms with E-state index in [0.29, 0.717) is 12.1 Å². The minimum absolute atomic E-state index is 0.00616. The van der Waals surface area contributed by atoms with E-state index >= 15 is 0 Å². The first kappa shape index (κ1) is 19.5. The summed E-state index contributed by atoms with van der Waals surface area (Å²) in [6, 6.07) is 17.5. The van der Waals surface area contributed by atoms with Crippen LogP contribution in [0.1, 0.15) is 41.6 Å². The monoisotopic (exact) mass is 392 g/mol. The van der Waals surface area contributed by atoms with Gasteiger partial charge in [-0.1, -0.05) is 30.3 Å². The first-order valence-corrected chi connectivity index (χ1v) is 10.1. The van der Waals surface area contributed by atoms with Crippen molar-refractivity contribution in [2.24, 2.45) is 5.73 Å². The summed E-state index contributed by atoms with van der Waals surface area (Å²) in [6.45, 7) is 0.639. The quantitative estimate of drug-likeness (QED) is 0.839. The number of urea groups is 1. The Kier molecular flexibility index (Phi) is 4.82. The summed E-state index contributed by atoms with van der Waals surface area (Å²) in [5.41, 5.74) is 7.67. The molecule has 3 N–H and O–H groups in total. The molecule has 1 aliphatic carbocycles. The van der Waals surface area contributed by atoms with Crippen LogP contribution in [0.15, 0.2) is 54.6 Å². The van der Waals surface area contributed by atoms with Crippen LogP contribution in [0.25, 0.3) is 0 Å². The van der Waals surface area contributed by atoms with Crippen LogP contribution in [0.4, 0.5) is 10.5 Å². The molecule has 3 amide bonds. The van der Waals surface area contributed by atoms with Crippen molar-refractivity contribution in [3.05, 3.63) is 65.7 Å². The number of carbonyl (C=O) groups excluding carboxylic acids is 2. The van der Waals surface area contributed by atoms with Crippen LogP contribution in [-0.4, -0.2) is 43.0 Å². The number of anilines is 1. The van der Waals surface area contributed by atoms with Gasteiger partial charge in [0.05, 0.1) is 12.1 Å². The van der Waals surface area contributed by atoms with Gasteiger partial charge in [-0.05, 0) is 69.6 Å². The molecule has 2 aliphatic rings. The third-order valence-corrected chi connectivity index (χ3v) is 6.74. The fraction of sp³-hybridized carbons (Fsp3) is 0.391. The highest BCUT2D eigenvalue weighted by Gasteiger charge is 2.50. The first-order valence-electron chi connectivity index (χ1n) is 10.1. The smallest absolute Gasteiger partial charge is 0.322 e. The van der Waals surface area contributed by atoms with Gasteiger partial charge >= 0.3 is 6.03 Å². The van der Waals surface area contributed by atoms with E-state index in [2.05, 4.69) is 54.6 Å². The average molecular weight is 393 g/mol. The van der Waals surface area contributed by atoms with Crippen LogP contribution in [0.2, 0.25) is 0 Å². The molecule has 1 heterocycles. The van der Waals surface area contributed by atoms with Gasteiger partial charge in [-0.3, -0.25) is 14.6 Å². The number of nitrogens with two attached hydrogens (primary N) is 1. The second kappa shape index (κ2) is 7.19. The van der Waals surface area contributed by atoms with Gasteiger partial charge < -0.3 is 11.1 Å². The highest BCUT2D eigenvalue weighted by atomic mass is 16.2. The number of primary amides is 1. The third kappa shape index (κ3) is 3.38. The van der Waals surface area contributed by atoms with Gasteiger partial charge in [0.1, 0.15) is 0 Å². The summed E-state index contributed by atoms with van der Waals surface area (Å²) < 4.78 is 0. The number of hydrogen-bond donors (Lipinski definition) is 2. The molecule has 0 unspecified atom stereocenters. The summed E-state index contributed by atoms with van der Waals surface area (Å²) in [5.74, 6) is -0.466. The lowest BCUT2D eigenvalue weighted by Crippen LogP contribution is -2.54. The summed E-state index contributed by atoms with van der Waals surface area (Å²) in [5, 5.41) is 3.26. The lowest BCUT2D eigenvalue weighted by molar-refractivity contribution is 0.0658. The summed E-state index contributed by atoms with van der Waals surface area (Å²) in [6.07, 6.45) is 3.81. The lowest BCUT2D eigenvalue weighted by Gasteiger charge is -2.48. The Balaban J connectivity index is 1.53. The van der Waals surface area contributed by atoms with Crippen molar-refractivity contribution in [1.82, 2.24) is 10.2 Å². The van der Waals surface area contributed by atoms with Crippen molar-refractivity contribution < 1.29 is 9.59 Å². The fourth-order valence-electron chi connectivity index (χ4n) is 4.89. The van der Waals surface area contributed by atoms with Crippen LogP contribution < -0.4 is 16.0 Å². The Hall–Kier alpha value is -2.86. The molecule has 1 spiro atoms. The molecular weight excluding hydrogens is 364 g/mol. The van der Waals surface area contributed by atoms with Gasteiger partial charge in [-0.2, -0.15) is 0 Å². The Bertz CT molecular complexity index is 900. The predicted octanol–water partition coefficient (Wildman–Crippen LogP) is 3.09. The predicted molar refractivity (Wildman–Crippen MR) is 114 cm³/mol. The van der Waals surface area contributed by atoms with E-state index in [1.165, 1.54) is 5.56 Å². The molecule has 1 saturated carbocycles. The number of benzene rings is 2. The van der Waals surface area contributed by atoms with Gasteiger partial charge in [0.25, 0.3) is 0 Å². The molecule has 2 fully saturated rings. The Morgan fingerprint density at radius 3 is 2.17 bits per heavy atom. The van der Waals surface area contributed by atoms with E-state index in [9.17, 15) is 9.59 Å². The zero-order valence-corrected chi connectivity index (χ0v) is 17.0. The number of nitrogens with one attached hydrogen (secondary N) is 1. The van der Waals surface area contributed by atoms with Gasteiger partial charge in [-0.25, -0.2) is 4.79 Å². The van der Waals surface area contributed by atoms with Crippen LogP contribution in [0.5, 0.6) is 0 Å². The molecule has 0 bridgehead atoms. The molecular formula is C23H28N4O2. The zero-order valence-electron chi connectivity index (χ0n) is 17.0. The van der Waals surface area contributed by atoms with E-state index in [1.54, 1.807) is 29.2 Å². The Morgan fingerprint density at radius 1 is 1.00 bits per heavy atom. The van der Waals surface area contributed by atoms with Crippen LogP contribution >= 0.6 is 0 Å². The first-order chi connectivity index (χ1) is 13.9. The molecule has 6 heteroatoms. The van der Waals surface area contributed by atoms with Gasteiger partial charge in [0.15, 0.2) is 0 Å². The average Bonchev–Trinajstić information content (AvgIpc) is 3.05. The number of rotatable bonds is 4. The maximum absolute atomic E-state index is 12.7. The van der Waals surface area contributed by atoms with Crippen molar-refractivity contribution in [2.75, 3.05) is 25.5 Å². The lowest BCUT2D eigenvalue weighted by atomic mass is 9.69. The Morgan fingerprint density at radius 2 is 1.62 bits per heavy atom. The van der Waals surface area contributed by atoms with Crippen molar-refractivity contribution >= 4 is 17.6 Å². The van der Waals surface area contributed by atoms with E-state index in [0.717, 1.165) is 31.4 Å². The molecule has 1 saturated heterocycles. The third-order valence-electron chi connectivity index (χ3n) is 6.74. The van der Waals surface area contributed by atoms with Gasteiger partial charge in [0, 0.05) is 16.8 Å². The van der Waals surface area contributed by atoms with Crippen molar-refractivity contribution in [2.45, 2.75) is 36.8 Å². The van der Waals surface area contributed by atoms with Crippen LogP contribution in [-0.2, 0) is 5.54 Å². The summed E-state index contributed by atoms with van der Waals surface area (Å²) in [4.78, 5) is 28.1. The van der Waals surface area contributed by atoms with Gasteiger partial charge in [0.2, 0.25) is 5.91 Å². The molecule has 29 heavy (non-hydrogen) atoms. The van der Waals surface area contributed by atoms with Crippen molar-refractivity contribution in [1.29, 1.82) is 0 Å². The molecule has 0 aromatic heterocycles. The maximum Gasteiger partial charge on any atom is 0.322 e. The highest BCUT2D eigenvalue weighted by molar-refractivity contribution is 5.97. The number of hydrogen-bond acceptors (Lipinski definition) is 3. The topological polar surface area (TPSA) is 78.7 Å². The Labute approximate surface area is 171 Å². The minimum atomic E-state index is -0.466. The summed E-state index contributed by atoms with van der Waals surface area (Å²) in [7, 11) is 4.29. The molecule has 6 nitrogen and oxygen atoms in total. The standard InChI is InChI=1S/C23H28N4O2/c1-26(2)23(18-6-4-3-5-7-18)14-12-22(13-15-23)16-27(21(29)25-22)19-10-8-17(9-11-19)20(24)28/h3-11H,12-16H2,1-2H3,(H2,24,28)(H,25,29)/t22-,23-. The van der Waals surface area contributed by atoms with Crippen LogP contribution in [0, 0.1) is 0 Å².